The number of rotatable bonds is 15. The number of aliphatic hydroxyl groups is 1. The molecule has 222 valence electrons. The first kappa shape index (κ1) is 33.8. The summed E-state index contributed by atoms with van der Waals surface area (Å²) in [7, 11) is -1.30. The predicted octanol–water partition coefficient (Wildman–Crippen LogP) is 8.37. The Morgan fingerprint density at radius 2 is 1.52 bits per heavy atom. The smallest absolute Gasteiger partial charge is 0.333 e. The van der Waals surface area contributed by atoms with E-state index in [0.717, 1.165) is 18.6 Å². The highest BCUT2D eigenvalue weighted by atomic mass is 28.3. The number of carbonyl (C=O) groups is 1. The Morgan fingerprint density at radius 1 is 0.975 bits per heavy atom. The van der Waals surface area contributed by atoms with Crippen LogP contribution in [0, 0.1) is 5.92 Å². The Kier molecular flexibility index (Phi) is 14.2. The second kappa shape index (κ2) is 16.8. The second-order valence-corrected chi connectivity index (χ2v) is 17.0. The van der Waals surface area contributed by atoms with E-state index in [-0.39, 0.29) is 26.6 Å². The Morgan fingerprint density at radius 3 is 2.02 bits per heavy atom. The van der Waals surface area contributed by atoms with Crippen LogP contribution in [0.4, 0.5) is 0 Å². The van der Waals surface area contributed by atoms with E-state index in [1.165, 1.54) is 55.7 Å². The van der Waals surface area contributed by atoms with Gasteiger partial charge in [-0.15, -0.1) is 0 Å². The first-order valence-corrected chi connectivity index (χ1v) is 18.2. The fraction of sp³-hybridized carbons (Fsp3) is 0.571. The molecule has 1 atom stereocenters. The van der Waals surface area contributed by atoms with Gasteiger partial charge in [-0.05, 0) is 80.5 Å². The Balaban J connectivity index is 0.00000560. The third-order valence-corrected chi connectivity index (χ3v) is 12.0. The minimum Gasteiger partial charge on any atom is -0.494 e. The van der Waals surface area contributed by atoms with Crippen LogP contribution in [0.1, 0.15) is 95.6 Å². The van der Waals surface area contributed by atoms with Crippen LogP contribution in [0.2, 0.25) is 19.1 Å². The monoisotopic (exact) mass is 566 g/mol. The molecule has 0 saturated heterocycles. The molecule has 0 heterocycles. The second-order valence-electron chi connectivity index (χ2n) is 12.1. The fourth-order valence-corrected chi connectivity index (χ4v) is 8.27. The lowest BCUT2D eigenvalue weighted by Gasteiger charge is -2.30. The molecule has 2 aromatic carbocycles. The molecular formula is C35H54O4Si. The summed E-state index contributed by atoms with van der Waals surface area (Å²) < 4.78 is 11.1. The molecule has 1 saturated carbocycles. The Labute approximate surface area is 245 Å². The highest BCUT2D eigenvalue weighted by Gasteiger charge is 2.26. The van der Waals surface area contributed by atoms with Crippen molar-refractivity contribution in [3.8, 4) is 5.75 Å². The molecule has 0 aliphatic heterocycles. The molecule has 0 radical (unpaired) electrons. The van der Waals surface area contributed by atoms with E-state index in [4.69, 9.17) is 9.47 Å². The molecule has 0 bridgehead atoms. The largest absolute Gasteiger partial charge is 0.494 e. The zero-order valence-corrected chi connectivity index (χ0v) is 25.7. The van der Waals surface area contributed by atoms with Gasteiger partial charge in [0.15, 0.2) is 0 Å². The van der Waals surface area contributed by atoms with Crippen molar-refractivity contribution in [3.05, 3.63) is 71.8 Å². The van der Waals surface area contributed by atoms with Gasteiger partial charge in [0.25, 0.3) is 0 Å². The van der Waals surface area contributed by atoms with Crippen LogP contribution >= 0.6 is 0 Å². The van der Waals surface area contributed by atoms with E-state index in [1.54, 1.807) is 12.1 Å². The molecule has 1 aliphatic carbocycles. The maximum atomic E-state index is 11.5. The van der Waals surface area contributed by atoms with Crippen LogP contribution in [0.25, 0.3) is 0 Å². The number of ether oxygens (including phenoxy) is 2. The number of esters is 1. The first-order valence-electron chi connectivity index (χ1n) is 15.0. The first-order chi connectivity index (χ1) is 18.7. The summed E-state index contributed by atoms with van der Waals surface area (Å²) in [6.07, 6.45) is 9.16. The van der Waals surface area contributed by atoms with Gasteiger partial charge in [0.05, 0.1) is 21.3 Å². The summed E-state index contributed by atoms with van der Waals surface area (Å²) in [6.45, 7) is 13.3. The van der Waals surface area contributed by atoms with Gasteiger partial charge in [-0.25, -0.2) is 4.79 Å². The van der Waals surface area contributed by atoms with Crippen molar-refractivity contribution in [2.45, 2.75) is 104 Å². The van der Waals surface area contributed by atoms with Gasteiger partial charge in [-0.3, -0.25) is 0 Å². The third-order valence-electron chi connectivity index (χ3n) is 8.48. The van der Waals surface area contributed by atoms with Crippen LogP contribution in [0.15, 0.2) is 60.7 Å². The third kappa shape index (κ3) is 10.2. The van der Waals surface area contributed by atoms with Crippen LogP contribution in [-0.4, -0.2) is 39.0 Å². The number of hydrogen-bond donors (Lipinski definition) is 1. The van der Waals surface area contributed by atoms with Gasteiger partial charge in [0.2, 0.25) is 0 Å². The maximum absolute atomic E-state index is 11.5. The quantitative estimate of drug-likeness (QED) is 0.102. The SMILES string of the molecule is C.C=C(C)C(=O)OCC(CO)CCCOc1ccc(C2CCC(c3ccc([Si](C)(C)CCCC)cc3)CC2)cc1. The van der Waals surface area contributed by atoms with E-state index in [0.29, 0.717) is 24.0 Å². The fourth-order valence-electron chi connectivity index (χ4n) is 5.67. The Hall–Kier alpha value is -2.37. The number of benzene rings is 2. The van der Waals surface area contributed by atoms with Gasteiger partial charge >= 0.3 is 5.97 Å². The number of unbranched alkanes of at least 4 members (excludes halogenated alkanes) is 1. The molecular weight excluding hydrogens is 512 g/mol. The number of carbonyl (C=O) groups excluding carboxylic acids is 1. The normalized spacial score (nSPS) is 17.9. The average molecular weight is 567 g/mol. The zero-order chi connectivity index (χ0) is 28.3. The van der Waals surface area contributed by atoms with Crippen LogP contribution in [-0.2, 0) is 9.53 Å². The van der Waals surface area contributed by atoms with Crippen LogP contribution in [0.3, 0.4) is 0 Å². The standard InChI is InChI=1S/C34H50O4Si.CH4/c1-6-7-23-39(4,5)33-20-16-31(17-21-33)29-12-10-28(11-13-29)30-14-18-32(19-15-30)37-22-8-9-27(24-35)25-38-34(36)26(2)3;/h14-21,27-29,35H,2,6-13,22-25H2,1,3-5H3;1H4. The summed E-state index contributed by atoms with van der Waals surface area (Å²) in [5.41, 5.74) is 3.32. The molecule has 1 unspecified atom stereocenters. The molecule has 0 aromatic heterocycles. The van der Waals surface area contributed by atoms with Crippen molar-refractivity contribution in [2.75, 3.05) is 19.8 Å². The molecule has 4 nitrogen and oxygen atoms in total. The molecule has 5 heteroatoms. The summed E-state index contributed by atoms with van der Waals surface area (Å²) in [6, 6.07) is 19.7. The van der Waals surface area contributed by atoms with E-state index in [9.17, 15) is 9.90 Å². The van der Waals surface area contributed by atoms with Crippen molar-refractivity contribution < 1.29 is 19.4 Å². The van der Waals surface area contributed by atoms with Gasteiger partial charge in [-0.2, -0.15) is 0 Å². The summed E-state index contributed by atoms with van der Waals surface area (Å²) in [5, 5.41) is 11.1. The molecule has 1 fully saturated rings. The number of aliphatic hydroxyl groups excluding tert-OH is 1. The molecule has 1 aliphatic rings. The van der Waals surface area contributed by atoms with Crippen molar-refractivity contribution in [3.63, 3.8) is 0 Å². The van der Waals surface area contributed by atoms with Crippen LogP contribution in [0.5, 0.6) is 5.75 Å². The minimum absolute atomic E-state index is 0. The maximum Gasteiger partial charge on any atom is 0.333 e. The topological polar surface area (TPSA) is 55.8 Å². The molecule has 3 rings (SSSR count). The molecule has 2 aromatic rings. The molecule has 1 N–H and O–H groups in total. The Bertz CT molecular complexity index is 1020. The van der Waals surface area contributed by atoms with Gasteiger partial charge in [0, 0.05) is 18.1 Å². The van der Waals surface area contributed by atoms with E-state index >= 15 is 0 Å². The lowest BCUT2D eigenvalue weighted by Crippen LogP contribution is -2.40. The van der Waals surface area contributed by atoms with Crippen molar-refractivity contribution >= 4 is 19.2 Å². The summed E-state index contributed by atoms with van der Waals surface area (Å²) >= 11 is 0. The van der Waals surface area contributed by atoms with Gasteiger partial charge in [0.1, 0.15) is 5.75 Å². The molecule has 0 amide bonds. The van der Waals surface area contributed by atoms with Crippen molar-refractivity contribution in [2.24, 2.45) is 5.92 Å². The highest BCUT2D eigenvalue weighted by Crippen LogP contribution is 2.40. The molecule has 0 spiro atoms. The van der Waals surface area contributed by atoms with E-state index < -0.39 is 14.0 Å². The summed E-state index contributed by atoms with van der Waals surface area (Å²) in [4.78, 5) is 11.5. The predicted molar refractivity (Wildman–Crippen MR) is 171 cm³/mol. The molecule has 40 heavy (non-hydrogen) atoms. The van der Waals surface area contributed by atoms with E-state index in [1.807, 2.05) is 0 Å². The lowest BCUT2D eigenvalue weighted by atomic mass is 9.76. The summed E-state index contributed by atoms with van der Waals surface area (Å²) in [5.74, 6) is 1.71. The minimum atomic E-state index is -1.30. The zero-order valence-electron chi connectivity index (χ0n) is 24.7. The van der Waals surface area contributed by atoms with Crippen molar-refractivity contribution in [1.82, 2.24) is 0 Å². The van der Waals surface area contributed by atoms with E-state index in [2.05, 4.69) is 75.1 Å². The van der Waals surface area contributed by atoms with Crippen LogP contribution < -0.4 is 9.92 Å². The average Bonchev–Trinajstić information content (AvgIpc) is 2.96. The lowest BCUT2D eigenvalue weighted by molar-refractivity contribution is -0.140. The van der Waals surface area contributed by atoms with Crippen molar-refractivity contribution in [1.29, 1.82) is 0 Å². The van der Waals surface area contributed by atoms with Gasteiger partial charge < -0.3 is 14.6 Å². The number of hydrogen-bond acceptors (Lipinski definition) is 4. The van der Waals surface area contributed by atoms with Gasteiger partial charge in [-0.1, -0.05) is 94.5 Å². The highest BCUT2D eigenvalue weighted by molar-refractivity contribution is 6.89.